The third-order valence-electron chi connectivity index (χ3n) is 8.80. The molecule has 2 N–H and O–H groups in total. The van der Waals surface area contributed by atoms with E-state index in [1.807, 2.05) is 22.8 Å². The average molecular weight is 567 g/mol. The highest BCUT2D eigenvalue weighted by molar-refractivity contribution is 6.07. The number of nitrogens with one attached hydrogen (secondary N) is 2. The van der Waals surface area contributed by atoms with Gasteiger partial charge >= 0.3 is 0 Å². The van der Waals surface area contributed by atoms with Crippen molar-refractivity contribution >= 4 is 23.2 Å². The van der Waals surface area contributed by atoms with Crippen LogP contribution in [-0.2, 0) is 6.54 Å². The highest BCUT2D eigenvalue weighted by atomic mass is 16.5. The number of nitrogens with zero attached hydrogens (tertiary/aromatic N) is 2. The molecule has 0 radical (unpaired) electrons. The number of hydrogen-bond donors (Lipinski definition) is 2. The summed E-state index contributed by atoms with van der Waals surface area (Å²) in [4.78, 5) is 41.3. The van der Waals surface area contributed by atoms with Crippen LogP contribution < -0.4 is 25.8 Å². The number of hydrogen-bond acceptors (Lipinski definition) is 5. The Morgan fingerprint density at radius 2 is 1.79 bits per heavy atom. The minimum Gasteiger partial charge on any atom is -0.497 e. The van der Waals surface area contributed by atoms with Crippen molar-refractivity contribution in [3.8, 4) is 5.75 Å². The van der Waals surface area contributed by atoms with E-state index >= 15 is 0 Å². The molecule has 8 heteroatoms. The van der Waals surface area contributed by atoms with Gasteiger partial charge in [-0.05, 0) is 93.0 Å². The zero-order valence-corrected chi connectivity index (χ0v) is 24.1. The summed E-state index contributed by atoms with van der Waals surface area (Å²) < 4.78 is 7.16. The quantitative estimate of drug-likeness (QED) is 0.359. The second-order valence-corrected chi connectivity index (χ2v) is 11.6. The molecule has 2 aliphatic heterocycles. The minimum absolute atomic E-state index is 0.0539. The fourth-order valence-corrected chi connectivity index (χ4v) is 6.65. The second kappa shape index (κ2) is 12.3. The number of allylic oxidation sites excluding steroid dienone is 1. The van der Waals surface area contributed by atoms with Crippen LogP contribution in [-0.4, -0.2) is 43.1 Å². The summed E-state index contributed by atoms with van der Waals surface area (Å²) in [6.07, 6.45) is 8.91. The molecule has 1 saturated heterocycles. The molecule has 2 atom stereocenters. The Hall–Kier alpha value is -4.33. The minimum atomic E-state index is -0.255. The molecule has 0 unspecified atom stereocenters. The predicted molar refractivity (Wildman–Crippen MR) is 165 cm³/mol. The first-order valence-corrected chi connectivity index (χ1v) is 15.0. The van der Waals surface area contributed by atoms with Crippen molar-refractivity contribution in [1.29, 1.82) is 0 Å². The molecule has 3 aliphatic rings. The summed E-state index contributed by atoms with van der Waals surface area (Å²) in [6, 6.07) is 18.1. The Kier molecular flexibility index (Phi) is 8.13. The van der Waals surface area contributed by atoms with Crippen LogP contribution in [0.3, 0.4) is 0 Å². The first kappa shape index (κ1) is 27.8. The average Bonchev–Trinajstić information content (AvgIpc) is 3.02. The SMILES string of the molecule is COc1ccc(C(=O)Nc2cc(C(=O)NCCC3=CCCCC3)ccc2N2C[C@H]3C[C@@H](C2)c2cccc(=O)n2C3)cc1. The van der Waals surface area contributed by atoms with Crippen LogP contribution >= 0.6 is 0 Å². The summed E-state index contributed by atoms with van der Waals surface area (Å²) >= 11 is 0. The molecular weight excluding hydrogens is 528 g/mol. The van der Waals surface area contributed by atoms with Crippen molar-refractivity contribution in [1.82, 2.24) is 9.88 Å². The maximum atomic E-state index is 13.4. The van der Waals surface area contributed by atoms with E-state index in [9.17, 15) is 14.4 Å². The van der Waals surface area contributed by atoms with Crippen molar-refractivity contribution in [2.75, 3.05) is 37.0 Å². The van der Waals surface area contributed by atoms with Crippen LogP contribution in [0.15, 0.2) is 77.1 Å². The van der Waals surface area contributed by atoms with Gasteiger partial charge in [0, 0.05) is 55.0 Å². The molecule has 42 heavy (non-hydrogen) atoms. The van der Waals surface area contributed by atoms with E-state index in [0.717, 1.165) is 50.2 Å². The number of rotatable bonds is 8. The van der Waals surface area contributed by atoms with Crippen LogP contribution in [0.25, 0.3) is 0 Å². The fourth-order valence-electron chi connectivity index (χ4n) is 6.65. The highest BCUT2D eigenvalue weighted by Crippen LogP contribution is 2.39. The third kappa shape index (κ3) is 5.98. The molecule has 0 saturated carbocycles. The van der Waals surface area contributed by atoms with Gasteiger partial charge in [0.25, 0.3) is 17.4 Å². The lowest BCUT2D eigenvalue weighted by atomic mass is 9.83. The van der Waals surface area contributed by atoms with Crippen molar-refractivity contribution in [3.63, 3.8) is 0 Å². The monoisotopic (exact) mass is 566 g/mol. The number of methoxy groups -OCH3 is 1. The Morgan fingerprint density at radius 1 is 0.952 bits per heavy atom. The number of pyridine rings is 1. The van der Waals surface area contributed by atoms with Gasteiger partial charge in [-0.1, -0.05) is 17.7 Å². The van der Waals surface area contributed by atoms with E-state index in [1.165, 1.54) is 18.4 Å². The number of amides is 2. The molecule has 3 heterocycles. The number of piperidine rings is 1. The topological polar surface area (TPSA) is 92.7 Å². The normalized spacial score (nSPS) is 19.4. The Labute approximate surface area is 246 Å². The van der Waals surface area contributed by atoms with Gasteiger partial charge in [-0.25, -0.2) is 0 Å². The van der Waals surface area contributed by atoms with E-state index in [2.05, 4.69) is 27.7 Å². The number of benzene rings is 2. The van der Waals surface area contributed by atoms with Gasteiger partial charge < -0.3 is 24.8 Å². The lowest BCUT2D eigenvalue weighted by Gasteiger charge is -2.44. The standard InChI is InChI=1S/C34H38N4O4/c1-42-28-13-10-25(11-14-28)34(41)36-29-19-26(33(40)35-17-16-23-6-3-2-4-7-23)12-15-31(29)37-20-24-18-27(22-37)30-8-5-9-32(39)38(30)21-24/h5-6,8-15,19,24,27H,2-4,7,16-18,20-22H2,1H3,(H,35,40)(H,36,41)/t24-,27+/m1/s1. The molecule has 1 fully saturated rings. The third-order valence-corrected chi connectivity index (χ3v) is 8.80. The molecule has 1 aliphatic carbocycles. The van der Waals surface area contributed by atoms with Crippen molar-refractivity contribution in [2.45, 2.75) is 51.0 Å². The van der Waals surface area contributed by atoms with Gasteiger partial charge in [0.05, 0.1) is 18.5 Å². The largest absolute Gasteiger partial charge is 0.497 e. The van der Waals surface area contributed by atoms with Gasteiger partial charge in [0.15, 0.2) is 0 Å². The fraction of sp³-hybridized carbons (Fsp3) is 0.382. The first-order chi connectivity index (χ1) is 20.5. The van der Waals surface area contributed by atoms with Crippen molar-refractivity contribution < 1.29 is 14.3 Å². The zero-order chi connectivity index (χ0) is 29.1. The van der Waals surface area contributed by atoms with E-state index in [1.54, 1.807) is 43.5 Å². The number of carbonyl (C=O) groups excluding carboxylic acids is 2. The molecule has 6 rings (SSSR count). The van der Waals surface area contributed by atoms with Gasteiger partial charge in [-0.2, -0.15) is 0 Å². The van der Waals surface area contributed by atoms with Gasteiger partial charge in [-0.15, -0.1) is 0 Å². The molecule has 2 bridgehead atoms. The number of fused-ring (bicyclic) bond motifs is 4. The summed E-state index contributed by atoms with van der Waals surface area (Å²) in [7, 11) is 1.59. The van der Waals surface area contributed by atoms with Crippen LogP contribution in [0.2, 0.25) is 0 Å². The van der Waals surface area contributed by atoms with E-state index in [-0.39, 0.29) is 23.3 Å². The summed E-state index contributed by atoms with van der Waals surface area (Å²) in [6.45, 7) is 2.77. The van der Waals surface area contributed by atoms with Crippen LogP contribution in [0.5, 0.6) is 5.75 Å². The maximum absolute atomic E-state index is 13.4. The Morgan fingerprint density at radius 3 is 2.57 bits per heavy atom. The Bertz CT molecular complexity index is 1560. The van der Waals surface area contributed by atoms with E-state index < -0.39 is 0 Å². The maximum Gasteiger partial charge on any atom is 0.255 e. The summed E-state index contributed by atoms with van der Waals surface area (Å²) in [5.74, 6) is 0.804. The lowest BCUT2D eigenvalue weighted by molar-refractivity contribution is 0.0952. The van der Waals surface area contributed by atoms with Crippen LogP contribution in [0, 0.1) is 5.92 Å². The molecule has 0 spiro atoms. The summed E-state index contributed by atoms with van der Waals surface area (Å²) in [5.41, 5.74) is 5.03. The number of anilines is 2. The molecular formula is C34H38N4O4. The molecule has 2 aromatic carbocycles. The summed E-state index contributed by atoms with van der Waals surface area (Å²) in [5, 5.41) is 6.16. The zero-order valence-electron chi connectivity index (χ0n) is 24.1. The predicted octanol–water partition coefficient (Wildman–Crippen LogP) is 5.35. The highest BCUT2D eigenvalue weighted by Gasteiger charge is 2.35. The number of ether oxygens (including phenoxy) is 1. The van der Waals surface area contributed by atoms with Crippen molar-refractivity contribution in [2.24, 2.45) is 5.92 Å². The lowest BCUT2D eigenvalue weighted by Crippen LogP contribution is -2.47. The second-order valence-electron chi connectivity index (χ2n) is 11.6. The van der Waals surface area contributed by atoms with Crippen molar-refractivity contribution in [3.05, 3.63) is 99.5 Å². The molecule has 1 aromatic heterocycles. The van der Waals surface area contributed by atoms with Gasteiger partial charge in [-0.3, -0.25) is 14.4 Å². The molecule has 8 nitrogen and oxygen atoms in total. The van der Waals surface area contributed by atoms with Gasteiger partial charge in [0.1, 0.15) is 5.75 Å². The first-order valence-electron chi connectivity index (χ1n) is 15.0. The molecule has 3 aromatic rings. The van der Waals surface area contributed by atoms with E-state index in [4.69, 9.17) is 4.74 Å². The van der Waals surface area contributed by atoms with Crippen LogP contribution in [0.4, 0.5) is 11.4 Å². The number of aromatic nitrogens is 1. The van der Waals surface area contributed by atoms with E-state index in [0.29, 0.717) is 41.6 Å². The van der Waals surface area contributed by atoms with Gasteiger partial charge in [0.2, 0.25) is 0 Å². The Balaban J connectivity index is 1.25. The molecule has 2 amide bonds. The number of carbonyl (C=O) groups is 2. The smallest absolute Gasteiger partial charge is 0.255 e. The van der Waals surface area contributed by atoms with Crippen LogP contribution in [0.1, 0.15) is 70.9 Å². The molecule has 218 valence electrons.